The molecule has 5 rings (SSSR count). The lowest BCUT2D eigenvalue weighted by atomic mass is 9.96. The van der Waals surface area contributed by atoms with Gasteiger partial charge in [-0.05, 0) is 92.3 Å². The highest BCUT2D eigenvalue weighted by Crippen LogP contribution is 2.31. The Hall–Kier alpha value is -4.76. The fourth-order valence-corrected chi connectivity index (χ4v) is 5.68. The van der Waals surface area contributed by atoms with Gasteiger partial charge in [-0.15, -0.1) is 0 Å². The van der Waals surface area contributed by atoms with Crippen molar-refractivity contribution >= 4 is 23.4 Å². The van der Waals surface area contributed by atoms with Gasteiger partial charge in [-0.3, -0.25) is 14.4 Å². The van der Waals surface area contributed by atoms with Crippen molar-refractivity contribution in [2.75, 3.05) is 11.4 Å². The summed E-state index contributed by atoms with van der Waals surface area (Å²) in [5, 5.41) is 9.17. The number of nitrogens with zero attached hydrogens (tertiary/aromatic N) is 1. The fraction of sp³-hybridized carbons (Fsp3) is 0.306. The number of amides is 3. The second-order valence-electron chi connectivity index (χ2n) is 12.0. The van der Waals surface area contributed by atoms with Crippen molar-refractivity contribution in [2.45, 2.75) is 64.7 Å². The first-order valence-corrected chi connectivity index (χ1v) is 15.3. The molecular weight excluding hydrogens is 571 g/mol. The van der Waals surface area contributed by atoms with Crippen LogP contribution in [0.25, 0.3) is 11.1 Å². The lowest BCUT2D eigenvalue weighted by Gasteiger charge is -2.29. The normalized spacial score (nSPS) is 14.9. The van der Waals surface area contributed by atoms with Gasteiger partial charge >= 0.3 is 0 Å². The zero-order valence-electron chi connectivity index (χ0n) is 25.9. The fourth-order valence-electron chi connectivity index (χ4n) is 5.68. The van der Waals surface area contributed by atoms with E-state index < -0.39 is 17.4 Å². The molecule has 8 nitrogen and oxygen atoms in total. The van der Waals surface area contributed by atoms with E-state index in [1.165, 1.54) is 12.1 Å². The minimum Gasteiger partial charge on any atom is -0.468 e. The Balaban J connectivity index is 1.39. The maximum atomic E-state index is 14.3. The summed E-state index contributed by atoms with van der Waals surface area (Å²) >= 11 is 0. The van der Waals surface area contributed by atoms with Crippen LogP contribution in [0.2, 0.25) is 0 Å². The number of aryl methyl sites for hydroxylation is 1. The molecule has 1 atom stereocenters. The molecule has 45 heavy (non-hydrogen) atoms. The van der Waals surface area contributed by atoms with Crippen LogP contribution in [-0.4, -0.2) is 35.8 Å². The number of carbonyl (C=O) groups excluding carboxylic acids is 3. The Morgan fingerprint density at radius 1 is 1.02 bits per heavy atom. The predicted molar refractivity (Wildman–Crippen MR) is 172 cm³/mol. The number of carbonyl (C=O) groups is 3. The van der Waals surface area contributed by atoms with E-state index in [0.717, 1.165) is 22.5 Å². The van der Waals surface area contributed by atoms with Crippen LogP contribution >= 0.6 is 0 Å². The molecule has 234 valence electrons. The van der Waals surface area contributed by atoms with E-state index in [9.17, 15) is 18.8 Å². The quantitative estimate of drug-likeness (QED) is 0.201. The van der Waals surface area contributed by atoms with E-state index >= 15 is 0 Å². The lowest BCUT2D eigenvalue weighted by Crippen LogP contribution is -2.50. The highest BCUT2D eigenvalue weighted by atomic mass is 19.1. The molecule has 1 aliphatic rings. The number of fused-ring (bicyclic) bond motifs is 1. The summed E-state index contributed by atoms with van der Waals surface area (Å²) < 4.78 is 19.7. The Bertz CT molecular complexity index is 1650. The molecule has 0 saturated heterocycles. The molecule has 0 radical (unpaired) electrons. The van der Waals surface area contributed by atoms with Crippen molar-refractivity contribution in [1.29, 1.82) is 0 Å². The van der Waals surface area contributed by atoms with E-state index in [-0.39, 0.29) is 30.7 Å². The van der Waals surface area contributed by atoms with Gasteiger partial charge in [0, 0.05) is 29.8 Å². The molecule has 0 saturated carbocycles. The Labute approximate surface area is 263 Å². The van der Waals surface area contributed by atoms with Gasteiger partial charge in [0.1, 0.15) is 17.6 Å². The van der Waals surface area contributed by atoms with Crippen LogP contribution in [0.15, 0.2) is 89.5 Å². The van der Waals surface area contributed by atoms with Crippen LogP contribution in [0.4, 0.5) is 10.1 Å². The van der Waals surface area contributed by atoms with E-state index in [1.807, 2.05) is 75.4 Å². The molecule has 4 aromatic rings. The Kier molecular flexibility index (Phi) is 9.78. The Morgan fingerprint density at radius 2 is 1.82 bits per heavy atom. The molecule has 1 aromatic heterocycles. The molecule has 1 aliphatic heterocycles. The number of hydrogen-bond donors (Lipinski definition) is 3. The molecular formula is C36H39FN4O4. The van der Waals surface area contributed by atoms with Crippen LogP contribution in [0.1, 0.15) is 60.9 Å². The Morgan fingerprint density at radius 3 is 2.56 bits per heavy atom. The highest BCUT2D eigenvalue weighted by Gasteiger charge is 2.33. The van der Waals surface area contributed by atoms with Crippen LogP contribution in [-0.2, 0) is 29.1 Å². The molecule has 9 heteroatoms. The smallest absolute Gasteiger partial charge is 0.251 e. The number of hydrogen-bond acceptors (Lipinski definition) is 5. The maximum absolute atomic E-state index is 14.3. The molecule has 0 unspecified atom stereocenters. The van der Waals surface area contributed by atoms with Crippen molar-refractivity contribution in [2.24, 2.45) is 0 Å². The third kappa shape index (κ3) is 7.85. The van der Waals surface area contributed by atoms with Gasteiger partial charge in [0.15, 0.2) is 0 Å². The minimum absolute atomic E-state index is 0.135. The third-order valence-corrected chi connectivity index (χ3v) is 7.95. The van der Waals surface area contributed by atoms with Gasteiger partial charge < -0.3 is 25.3 Å². The van der Waals surface area contributed by atoms with Gasteiger partial charge in [-0.25, -0.2) is 4.39 Å². The topological polar surface area (TPSA) is 104 Å². The maximum Gasteiger partial charge on any atom is 0.251 e. The van der Waals surface area contributed by atoms with E-state index in [2.05, 4.69) is 16.0 Å². The minimum atomic E-state index is -0.805. The van der Waals surface area contributed by atoms with Gasteiger partial charge in [0.2, 0.25) is 11.8 Å². The molecule has 0 fully saturated rings. The molecule has 2 heterocycles. The second-order valence-corrected chi connectivity index (χ2v) is 12.0. The first-order chi connectivity index (χ1) is 21.6. The molecule has 3 N–H and O–H groups in total. The van der Waals surface area contributed by atoms with Crippen molar-refractivity contribution in [3.63, 3.8) is 0 Å². The molecule has 0 aliphatic carbocycles. The summed E-state index contributed by atoms with van der Waals surface area (Å²) in [6.45, 7) is 6.77. The number of nitrogens with one attached hydrogen (secondary N) is 3. The standard InChI is InChI=1S/C36H39FN4O4/c1-4-38-34(43)30-19-24(12-15-29(30)25-9-6-5-7-10-25)23-41-32-17-14-27(37)20-26(32)13-16-31(35(41)44)40-33(42)21-36(2,3)39-22-28-11-8-18-45-28/h5-12,14-15,17-20,31,39H,4,13,16,21-23H2,1-3H3,(H,38,43)(H,40,42)/t31-/m1/s1. The van der Waals surface area contributed by atoms with E-state index in [1.54, 1.807) is 23.3 Å². The monoisotopic (exact) mass is 610 g/mol. The summed E-state index contributed by atoms with van der Waals surface area (Å²) in [5.74, 6) is -0.403. The molecule has 0 spiro atoms. The zero-order valence-corrected chi connectivity index (χ0v) is 25.9. The number of benzene rings is 3. The van der Waals surface area contributed by atoms with E-state index in [0.29, 0.717) is 42.7 Å². The second kappa shape index (κ2) is 13.9. The van der Waals surface area contributed by atoms with E-state index in [4.69, 9.17) is 4.42 Å². The average Bonchev–Trinajstić information content (AvgIpc) is 3.51. The lowest BCUT2D eigenvalue weighted by molar-refractivity contribution is -0.128. The summed E-state index contributed by atoms with van der Waals surface area (Å²) in [6, 6.07) is 22.5. The van der Waals surface area contributed by atoms with Crippen molar-refractivity contribution in [3.05, 3.63) is 113 Å². The summed E-state index contributed by atoms with van der Waals surface area (Å²) in [5.41, 5.74) is 3.62. The molecule has 0 bridgehead atoms. The highest BCUT2D eigenvalue weighted by molar-refractivity contribution is 6.02. The van der Waals surface area contributed by atoms with Gasteiger partial charge in [-0.2, -0.15) is 0 Å². The van der Waals surface area contributed by atoms with Crippen LogP contribution in [0, 0.1) is 5.82 Å². The first kappa shape index (κ1) is 31.7. The number of halogens is 1. The number of rotatable bonds is 11. The predicted octanol–water partition coefficient (Wildman–Crippen LogP) is 5.76. The number of anilines is 1. The molecule has 3 aromatic carbocycles. The largest absolute Gasteiger partial charge is 0.468 e. The number of furan rings is 1. The first-order valence-electron chi connectivity index (χ1n) is 15.3. The van der Waals surface area contributed by atoms with Crippen molar-refractivity contribution in [3.8, 4) is 11.1 Å². The molecule has 3 amide bonds. The van der Waals surface area contributed by atoms with Crippen LogP contribution < -0.4 is 20.9 Å². The zero-order chi connectivity index (χ0) is 32.0. The summed E-state index contributed by atoms with van der Waals surface area (Å²) in [4.78, 5) is 42.1. The SMILES string of the molecule is CCNC(=O)c1cc(CN2C(=O)[C@H](NC(=O)CC(C)(C)NCc3ccco3)CCc3cc(F)ccc32)ccc1-c1ccccc1. The summed E-state index contributed by atoms with van der Waals surface area (Å²) in [7, 11) is 0. The average molecular weight is 611 g/mol. The van der Waals surface area contributed by atoms with Crippen molar-refractivity contribution in [1.82, 2.24) is 16.0 Å². The summed E-state index contributed by atoms with van der Waals surface area (Å²) in [6.07, 6.45) is 2.48. The third-order valence-electron chi connectivity index (χ3n) is 7.95. The van der Waals surface area contributed by atoms with Gasteiger partial charge in [0.05, 0.1) is 19.4 Å². The van der Waals surface area contributed by atoms with Gasteiger partial charge in [-0.1, -0.05) is 42.5 Å². The van der Waals surface area contributed by atoms with Gasteiger partial charge in [0.25, 0.3) is 5.91 Å². The van der Waals surface area contributed by atoms with Crippen LogP contribution in [0.5, 0.6) is 0 Å². The van der Waals surface area contributed by atoms with Crippen LogP contribution in [0.3, 0.4) is 0 Å². The van der Waals surface area contributed by atoms with Crippen molar-refractivity contribution < 1.29 is 23.2 Å².